The minimum absolute atomic E-state index is 0.133. The van der Waals surface area contributed by atoms with Crippen LogP contribution in [0.1, 0.15) is 76.9 Å². The molecule has 9 nitrogen and oxygen atoms in total. The first-order valence-electron chi connectivity index (χ1n) is 9.73. The zero-order valence-corrected chi connectivity index (χ0v) is 18.4. The van der Waals surface area contributed by atoms with Crippen LogP contribution in [-0.2, 0) is 16.8 Å². The summed E-state index contributed by atoms with van der Waals surface area (Å²) < 4.78 is 6.18. The Balaban J connectivity index is 1.99. The van der Waals surface area contributed by atoms with Crippen molar-refractivity contribution in [3.8, 4) is 0 Å². The van der Waals surface area contributed by atoms with Crippen molar-refractivity contribution in [2.45, 2.75) is 57.7 Å². The van der Waals surface area contributed by atoms with Crippen LogP contribution in [0.2, 0.25) is 0 Å². The van der Waals surface area contributed by atoms with Crippen LogP contribution >= 0.6 is 11.3 Å². The molecule has 0 saturated carbocycles. The Kier molecular flexibility index (Phi) is 6.06. The number of nitrogens with one attached hydrogen (secondary N) is 2. The number of carbonyl (C=O) groups excluding carboxylic acids is 2. The summed E-state index contributed by atoms with van der Waals surface area (Å²) >= 11 is 1.27. The van der Waals surface area contributed by atoms with Gasteiger partial charge in [-0.25, -0.2) is 0 Å². The fourth-order valence-electron chi connectivity index (χ4n) is 4.12. The van der Waals surface area contributed by atoms with E-state index in [0.29, 0.717) is 22.5 Å². The summed E-state index contributed by atoms with van der Waals surface area (Å²) in [6, 6.07) is 0. The molecule has 2 aromatic rings. The number of primary amides is 1. The van der Waals surface area contributed by atoms with E-state index in [1.54, 1.807) is 0 Å². The van der Waals surface area contributed by atoms with Gasteiger partial charge < -0.3 is 26.0 Å². The number of fused-ring (bicyclic) bond motifs is 1. The fourth-order valence-corrected chi connectivity index (χ4v) is 5.38. The van der Waals surface area contributed by atoms with Gasteiger partial charge in [0.15, 0.2) is 0 Å². The van der Waals surface area contributed by atoms with E-state index in [1.807, 2.05) is 27.7 Å². The Morgan fingerprint density at radius 3 is 2.67 bits per heavy atom. The van der Waals surface area contributed by atoms with Crippen molar-refractivity contribution in [3.05, 3.63) is 33.5 Å². The number of anilines is 1. The summed E-state index contributed by atoms with van der Waals surface area (Å²) in [5.41, 5.74) is 6.31. The number of hydrogen-bond donors (Lipinski definition) is 5. The highest BCUT2D eigenvalue weighted by Crippen LogP contribution is 2.48. The van der Waals surface area contributed by atoms with E-state index in [-0.39, 0.29) is 25.3 Å². The van der Waals surface area contributed by atoms with Gasteiger partial charge in [-0.05, 0) is 39.7 Å². The molecule has 1 unspecified atom stereocenters. The van der Waals surface area contributed by atoms with E-state index in [9.17, 15) is 19.8 Å². The number of aliphatic hydroxyl groups is 2. The first-order valence-corrected chi connectivity index (χ1v) is 10.5. The third-order valence-electron chi connectivity index (χ3n) is 5.19. The monoisotopic (exact) mass is 436 g/mol. The van der Waals surface area contributed by atoms with Gasteiger partial charge >= 0.3 is 0 Å². The van der Waals surface area contributed by atoms with Crippen molar-refractivity contribution < 1.29 is 24.5 Å². The Bertz CT molecular complexity index is 963. The van der Waals surface area contributed by atoms with Crippen LogP contribution in [0.4, 0.5) is 5.00 Å². The quantitative estimate of drug-likeness (QED) is 0.447. The maximum Gasteiger partial charge on any atom is 0.274 e. The zero-order valence-electron chi connectivity index (χ0n) is 17.5. The lowest BCUT2D eigenvalue weighted by Gasteiger charge is -2.41. The van der Waals surface area contributed by atoms with E-state index in [2.05, 4.69) is 15.5 Å². The highest BCUT2D eigenvalue weighted by atomic mass is 32.1. The van der Waals surface area contributed by atoms with Gasteiger partial charge in [0.25, 0.3) is 11.8 Å². The molecule has 164 valence electrons. The van der Waals surface area contributed by atoms with Crippen LogP contribution in [-0.4, -0.2) is 51.0 Å². The number of rotatable bonds is 7. The minimum atomic E-state index is -0.642. The first-order chi connectivity index (χ1) is 14.0. The molecule has 6 N–H and O–H groups in total. The molecule has 0 spiro atoms. The van der Waals surface area contributed by atoms with Crippen molar-refractivity contribution in [2.24, 2.45) is 5.73 Å². The number of hydrogen-bond acceptors (Lipinski definition) is 7. The molecule has 3 heterocycles. The van der Waals surface area contributed by atoms with Gasteiger partial charge in [-0.15, -0.1) is 11.3 Å². The lowest BCUT2D eigenvalue weighted by molar-refractivity contribution is -0.135. The van der Waals surface area contributed by atoms with Crippen LogP contribution in [0.25, 0.3) is 0 Å². The molecule has 0 bridgehead atoms. The van der Waals surface area contributed by atoms with Crippen molar-refractivity contribution in [1.82, 2.24) is 10.2 Å². The molecule has 0 aromatic carbocycles. The second kappa shape index (κ2) is 8.10. The molecule has 0 radical (unpaired) electrons. The van der Waals surface area contributed by atoms with Crippen LogP contribution in [0.15, 0.2) is 6.20 Å². The largest absolute Gasteiger partial charge is 0.396 e. The van der Waals surface area contributed by atoms with E-state index in [4.69, 9.17) is 10.5 Å². The standard InChI is InChI=1S/C20H28N4O5S/c1-19(2)7-11-13(16(21)27)18(30-15(11)20(3,4)29-19)23-17(28)14-12(8-22-24-14)10(9-26)5-6-25/h8,10,25-26H,5-7,9H2,1-4H3,(H2,21,27)(H,22,24)(H,23,28). The van der Waals surface area contributed by atoms with Crippen molar-refractivity contribution >= 4 is 28.2 Å². The number of aromatic nitrogens is 2. The molecule has 3 rings (SSSR count). The zero-order chi connectivity index (χ0) is 22.3. The number of amides is 2. The fraction of sp³-hybridized carbons (Fsp3) is 0.550. The van der Waals surface area contributed by atoms with E-state index >= 15 is 0 Å². The van der Waals surface area contributed by atoms with Crippen LogP contribution in [0, 0.1) is 0 Å². The predicted octanol–water partition coefficient (Wildman–Crippen LogP) is 1.87. The van der Waals surface area contributed by atoms with Crippen molar-refractivity contribution in [1.29, 1.82) is 0 Å². The van der Waals surface area contributed by atoms with Gasteiger partial charge in [0, 0.05) is 29.4 Å². The molecule has 1 atom stereocenters. The summed E-state index contributed by atoms with van der Waals surface area (Å²) in [5, 5.41) is 28.5. The number of H-pyrrole nitrogens is 1. The third kappa shape index (κ3) is 4.13. The van der Waals surface area contributed by atoms with Gasteiger partial charge in [0.05, 0.1) is 29.6 Å². The molecule has 0 saturated heterocycles. The number of thiophene rings is 1. The highest BCUT2D eigenvalue weighted by molar-refractivity contribution is 7.17. The number of ether oxygens (including phenoxy) is 1. The summed E-state index contributed by atoms with van der Waals surface area (Å²) in [5.74, 6) is -1.55. The average molecular weight is 437 g/mol. The minimum Gasteiger partial charge on any atom is -0.396 e. The SMILES string of the molecule is CC1(C)Cc2c(sc(NC(=O)c3[nH]ncc3C(CO)CCO)c2C(N)=O)C(C)(C)O1. The molecule has 0 fully saturated rings. The van der Waals surface area contributed by atoms with Gasteiger partial charge in [-0.2, -0.15) is 5.10 Å². The third-order valence-corrected chi connectivity index (χ3v) is 6.65. The van der Waals surface area contributed by atoms with Crippen LogP contribution < -0.4 is 11.1 Å². The molecule has 1 aliphatic heterocycles. The Labute approximate surface area is 178 Å². The Hall–Kier alpha value is -2.27. The summed E-state index contributed by atoms with van der Waals surface area (Å²) in [4.78, 5) is 26.2. The lowest BCUT2D eigenvalue weighted by atomic mass is 9.86. The average Bonchev–Trinajstić information content (AvgIpc) is 3.23. The topological polar surface area (TPSA) is 151 Å². The van der Waals surface area contributed by atoms with Gasteiger partial charge in [0.2, 0.25) is 0 Å². The maximum absolute atomic E-state index is 13.0. The molecule has 10 heteroatoms. The van der Waals surface area contributed by atoms with Gasteiger partial charge in [-0.1, -0.05) is 0 Å². The summed E-state index contributed by atoms with van der Waals surface area (Å²) in [6.07, 6.45) is 2.24. The molecule has 30 heavy (non-hydrogen) atoms. The number of nitrogens with zero attached hydrogens (tertiary/aromatic N) is 1. The number of aliphatic hydroxyl groups excluding tert-OH is 2. The van der Waals surface area contributed by atoms with Crippen LogP contribution in [0.5, 0.6) is 0 Å². The normalized spacial score (nSPS) is 17.9. The van der Waals surface area contributed by atoms with E-state index in [1.165, 1.54) is 17.5 Å². The molecular weight excluding hydrogens is 408 g/mol. The van der Waals surface area contributed by atoms with Crippen molar-refractivity contribution in [3.63, 3.8) is 0 Å². The molecular formula is C20H28N4O5S. The number of carbonyl (C=O) groups is 2. The lowest BCUT2D eigenvalue weighted by Crippen LogP contribution is -2.42. The highest BCUT2D eigenvalue weighted by Gasteiger charge is 2.43. The Morgan fingerprint density at radius 1 is 1.37 bits per heavy atom. The summed E-state index contributed by atoms with van der Waals surface area (Å²) in [6.45, 7) is 7.38. The van der Waals surface area contributed by atoms with Gasteiger partial charge in [-0.3, -0.25) is 14.7 Å². The molecule has 0 aliphatic carbocycles. The van der Waals surface area contributed by atoms with Crippen LogP contribution in [0.3, 0.4) is 0 Å². The molecule has 1 aliphatic rings. The molecule has 2 aromatic heterocycles. The smallest absolute Gasteiger partial charge is 0.274 e. The second-order valence-electron chi connectivity index (χ2n) is 8.57. The van der Waals surface area contributed by atoms with E-state index < -0.39 is 28.9 Å². The maximum atomic E-state index is 13.0. The summed E-state index contributed by atoms with van der Waals surface area (Å²) in [7, 11) is 0. The van der Waals surface area contributed by atoms with E-state index in [0.717, 1.165) is 10.4 Å². The second-order valence-corrected chi connectivity index (χ2v) is 9.59. The Morgan fingerprint density at radius 2 is 2.07 bits per heavy atom. The molecule has 2 amide bonds. The number of aromatic amines is 1. The first kappa shape index (κ1) is 22.4. The van der Waals surface area contributed by atoms with Gasteiger partial charge in [0.1, 0.15) is 10.7 Å². The predicted molar refractivity (Wildman–Crippen MR) is 113 cm³/mol. The number of nitrogens with two attached hydrogens (primary N) is 1. The van der Waals surface area contributed by atoms with Crippen molar-refractivity contribution in [2.75, 3.05) is 18.5 Å².